The second kappa shape index (κ2) is 5.25. The molecule has 0 spiro atoms. The Kier molecular flexibility index (Phi) is 3.70. The van der Waals surface area contributed by atoms with Gasteiger partial charge in [0, 0.05) is 24.9 Å². The third-order valence-corrected chi connectivity index (χ3v) is 3.51. The summed E-state index contributed by atoms with van der Waals surface area (Å²) in [6, 6.07) is 8.01. The molecule has 1 aromatic carbocycles. The number of carboxylic acids is 1. The summed E-state index contributed by atoms with van der Waals surface area (Å²) in [6.45, 7) is 6.72. The van der Waals surface area contributed by atoms with Crippen LogP contribution in [0.4, 0.5) is 5.69 Å². The Morgan fingerprint density at radius 3 is 2.78 bits per heavy atom. The van der Waals surface area contributed by atoms with Crippen LogP contribution in [-0.2, 0) is 4.79 Å². The molecule has 3 nitrogen and oxygen atoms in total. The van der Waals surface area contributed by atoms with E-state index in [1.54, 1.807) is 6.08 Å². The number of benzene rings is 1. The fourth-order valence-corrected chi connectivity index (χ4v) is 2.14. The van der Waals surface area contributed by atoms with Gasteiger partial charge in [0.05, 0.1) is 0 Å². The lowest BCUT2D eigenvalue weighted by atomic mass is 9.88. The molecule has 1 fully saturated rings. The van der Waals surface area contributed by atoms with Crippen LogP contribution in [-0.4, -0.2) is 24.2 Å². The van der Waals surface area contributed by atoms with E-state index in [-0.39, 0.29) is 0 Å². The molecule has 0 saturated carbocycles. The van der Waals surface area contributed by atoms with Crippen LogP contribution in [0, 0.1) is 11.8 Å². The number of nitrogens with zero attached hydrogens (tertiary/aromatic N) is 1. The first-order chi connectivity index (χ1) is 8.56. The Morgan fingerprint density at radius 2 is 2.17 bits per heavy atom. The summed E-state index contributed by atoms with van der Waals surface area (Å²) in [5, 5.41) is 8.61. The third-order valence-electron chi connectivity index (χ3n) is 3.51. The SMILES string of the molecule is CC(C)C1CN(c2cccc(/C=C/C(=O)O)c2)C1. The van der Waals surface area contributed by atoms with Crippen LogP contribution in [0.3, 0.4) is 0 Å². The van der Waals surface area contributed by atoms with Gasteiger partial charge >= 0.3 is 5.97 Å². The zero-order valence-electron chi connectivity index (χ0n) is 10.8. The van der Waals surface area contributed by atoms with E-state index in [2.05, 4.69) is 24.8 Å². The van der Waals surface area contributed by atoms with E-state index in [9.17, 15) is 4.79 Å². The van der Waals surface area contributed by atoms with Crippen LogP contribution in [0.2, 0.25) is 0 Å². The molecule has 0 aliphatic carbocycles. The quantitative estimate of drug-likeness (QED) is 0.829. The molecule has 1 saturated heterocycles. The molecular formula is C15H19NO2. The molecule has 1 aliphatic rings. The highest BCUT2D eigenvalue weighted by Crippen LogP contribution is 2.29. The van der Waals surface area contributed by atoms with Gasteiger partial charge in [-0.1, -0.05) is 26.0 Å². The zero-order chi connectivity index (χ0) is 13.1. The van der Waals surface area contributed by atoms with Crippen LogP contribution in [0.25, 0.3) is 6.08 Å². The molecule has 0 unspecified atom stereocenters. The third kappa shape index (κ3) is 2.92. The van der Waals surface area contributed by atoms with Crippen molar-refractivity contribution in [1.29, 1.82) is 0 Å². The minimum absolute atomic E-state index is 0.733. The average molecular weight is 245 g/mol. The Bertz CT molecular complexity index is 459. The second-order valence-corrected chi connectivity index (χ2v) is 5.18. The molecule has 1 aromatic rings. The van der Waals surface area contributed by atoms with Gasteiger partial charge in [0.1, 0.15) is 0 Å². The normalized spacial score (nSPS) is 16.3. The van der Waals surface area contributed by atoms with Crippen LogP contribution in [0.1, 0.15) is 19.4 Å². The van der Waals surface area contributed by atoms with Gasteiger partial charge in [-0.3, -0.25) is 0 Å². The van der Waals surface area contributed by atoms with Crippen molar-refractivity contribution in [3.8, 4) is 0 Å². The predicted octanol–water partition coefficient (Wildman–Crippen LogP) is 2.88. The number of carboxylic acid groups (broad SMARTS) is 1. The smallest absolute Gasteiger partial charge is 0.328 e. The fraction of sp³-hybridized carbons (Fsp3) is 0.400. The van der Waals surface area contributed by atoms with E-state index >= 15 is 0 Å². The number of hydrogen-bond acceptors (Lipinski definition) is 2. The van der Waals surface area contributed by atoms with E-state index in [0.29, 0.717) is 0 Å². The Balaban J connectivity index is 2.03. The van der Waals surface area contributed by atoms with Gasteiger partial charge in [-0.15, -0.1) is 0 Å². The molecule has 0 aromatic heterocycles. The molecule has 0 radical (unpaired) electrons. The summed E-state index contributed by atoms with van der Waals surface area (Å²) < 4.78 is 0. The molecule has 0 amide bonds. The standard InChI is InChI=1S/C15H19NO2/c1-11(2)13-9-16(10-13)14-5-3-4-12(8-14)6-7-15(17)18/h3-8,11,13H,9-10H2,1-2H3,(H,17,18)/b7-6+. The van der Waals surface area contributed by atoms with Crippen molar-refractivity contribution >= 4 is 17.7 Å². The molecule has 96 valence electrons. The van der Waals surface area contributed by atoms with Crippen LogP contribution >= 0.6 is 0 Å². The van der Waals surface area contributed by atoms with Gasteiger partial charge in [0.15, 0.2) is 0 Å². The van der Waals surface area contributed by atoms with Gasteiger partial charge < -0.3 is 10.0 Å². The van der Waals surface area contributed by atoms with Gasteiger partial charge in [-0.2, -0.15) is 0 Å². The summed E-state index contributed by atoms with van der Waals surface area (Å²) in [5.74, 6) is 0.601. The number of aliphatic carboxylic acids is 1. The first-order valence-electron chi connectivity index (χ1n) is 6.32. The fourth-order valence-electron chi connectivity index (χ4n) is 2.14. The largest absolute Gasteiger partial charge is 0.478 e. The predicted molar refractivity (Wildman–Crippen MR) is 73.7 cm³/mol. The number of anilines is 1. The monoisotopic (exact) mass is 245 g/mol. The molecule has 1 N–H and O–H groups in total. The van der Waals surface area contributed by atoms with Crippen LogP contribution in [0.15, 0.2) is 30.3 Å². The maximum Gasteiger partial charge on any atom is 0.328 e. The van der Waals surface area contributed by atoms with Crippen molar-refractivity contribution in [2.24, 2.45) is 11.8 Å². The first-order valence-corrected chi connectivity index (χ1v) is 6.32. The molecule has 2 rings (SSSR count). The minimum atomic E-state index is -0.913. The van der Waals surface area contributed by atoms with Crippen molar-refractivity contribution in [2.75, 3.05) is 18.0 Å². The summed E-state index contributed by atoms with van der Waals surface area (Å²) in [6.07, 6.45) is 2.80. The second-order valence-electron chi connectivity index (χ2n) is 5.18. The lowest BCUT2D eigenvalue weighted by Crippen LogP contribution is -2.49. The maximum absolute atomic E-state index is 10.5. The van der Waals surface area contributed by atoms with Crippen molar-refractivity contribution in [2.45, 2.75) is 13.8 Å². The van der Waals surface area contributed by atoms with Crippen molar-refractivity contribution in [1.82, 2.24) is 0 Å². The number of hydrogen-bond donors (Lipinski definition) is 1. The highest BCUT2D eigenvalue weighted by atomic mass is 16.4. The highest BCUT2D eigenvalue weighted by Gasteiger charge is 2.28. The summed E-state index contributed by atoms with van der Waals surface area (Å²) >= 11 is 0. The lowest BCUT2D eigenvalue weighted by molar-refractivity contribution is -0.131. The van der Waals surface area contributed by atoms with Gasteiger partial charge in [-0.05, 0) is 35.6 Å². The van der Waals surface area contributed by atoms with E-state index in [1.165, 1.54) is 11.8 Å². The molecule has 3 heteroatoms. The molecule has 0 atom stereocenters. The minimum Gasteiger partial charge on any atom is -0.478 e. The summed E-state index contributed by atoms with van der Waals surface area (Å²) in [7, 11) is 0. The molecule has 1 aliphatic heterocycles. The Hall–Kier alpha value is -1.77. The zero-order valence-corrected chi connectivity index (χ0v) is 10.8. The first kappa shape index (κ1) is 12.7. The topological polar surface area (TPSA) is 40.5 Å². The average Bonchev–Trinajstić information content (AvgIpc) is 2.24. The van der Waals surface area contributed by atoms with Crippen molar-refractivity contribution in [3.63, 3.8) is 0 Å². The summed E-state index contributed by atoms with van der Waals surface area (Å²) in [4.78, 5) is 12.8. The van der Waals surface area contributed by atoms with Crippen LogP contribution in [0.5, 0.6) is 0 Å². The van der Waals surface area contributed by atoms with E-state index in [1.807, 2.05) is 18.2 Å². The molecular weight excluding hydrogens is 226 g/mol. The van der Waals surface area contributed by atoms with Gasteiger partial charge in [0.2, 0.25) is 0 Å². The molecule has 0 bridgehead atoms. The molecule has 1 heterocycles. The Labute approximate surface area is 108 Å². The van der Waals surface area contributed by atoms with Crippen molar-refractivity contribution in [3.05, 3.63) is 35.9 Å². The summed E-state index contributed by atoms with van der Waals surface area (Å²) in [5.41, 5.74) is 2.11. The lowest BCUT2D eigenvalue weighted by Gasteiger charge is -2.43. The van der Waals surface area contributed by atoms with E-state index < -0.39 is 5.97 Å². The maximum atomic E-state index is 10.5. The van der Waals surface area contributed by atoms with E-state index in [4.69, 9.17) is 5.11 Å². The number of rotatable bonds is 4. The van der Waals surface area contributed by atoms with E-state index in [0.717, 1.165) is 30.5 Å². The number of carbonyl (C=O) groups is 1. The highest BCUT2D eigenvalue weighted by molar-refractivity contribution is 5.85. The Morgan fingerprint density at radius 1 is 1.44 bits per heavy atom. The van der Waals surface area contributed by atoms with Crippen LogP contribution < -0.4 is 4.90 Å². The van der Waals surface area contributed by atoms with Gasteiger partial charge in [0.25, 0.3) is 0 Å². The van der Waals surface area contributed by atoms with Gasteiger partial charge in [-0.25, -0.2) is 4.79 Å². The molecule has 18 heavy (non-hydrogen) atoms. The van der Waals surface area contributed by atoms with Crippen molar-refractivity contribution < 1.29 is 9.90 Å².